The summed E-state index contributed by atoms with van der Waals surface area (Å²) in [7, 11) is 0. The number of carbonyl (C=O) groups is 2. The van der Waals surface area contributed by atoms with Crippen molar-refractivity contribution >= 4 is 29.9 Å². The van der Waals surface area contributed by atoms with E-state index in [0.29, 0.717) is 11.4 Å². The van der Waals surface area contributed by atoms with Gasteiger partial charge >= 0.3 is 0 Å². The number of nitrogens with zero attached hydrogens (tertiary/aromatic N) is 1. The molecule has 1 aromatic heterocycles. The number of halogens is 1. The van der Waals surface area contributed by atoms with Crippen molar-refractivity contribution in [2.45, 2.75) is 33.7 Å². The highest BCUT2D eigenvalue weighted by molar-refractivity contribution is 5.96. The van der Waals surface area contributed by atoms with Gasteiger partial charge in [0.2, 0.25) is 11.8 Å². The first-order valence-corrected chi connectivity index (χ1v) is 6.17. The Bertz CT molecular complexity index is 453. The summed E-state index contributed by atoms with van der Waals surface area (Å²) in [5.41, 5.74) is 7.80. The second-order valence-electron chi connectivity index (χ2n) is 4.84. The highest BCUT2D eigenvalue weighted by Crippen LogP contribution is 2.15. The Morgan fingerprint density at radius 3 is 2.40 bits per heavy atom. The first kappa shape index (κ1) is 18.4. The zero-order valence-corrected chi connectivity index (χ0v) is 12.9. The molecule has 0 bridgehead atoms. The van der Waals surface area contributed by atoms with Crippen molar-refractivity contribution in [1.29, 1.82) is 0 Å². The maximum absolute atomic E-state index is 11.7. The van der Waals surface area contributed by atoms with Crippen molar-refractivity contribution in [2.24, 2.45) is 11.7 Å². The van der Waals surface area contributed by atoms with Gasteiger partial charge in [-0.25, -0.2) is 0 Å². The SMILES string of the molecule is Cc1n[nH]c(C)c1NC(=O)CNC(=O)[C@@H](N)C(C)C.Cl. The molecular weight excluding hydrogens is 282 g/mol. The van der Waals surface area contributed by atoms with Crippen LogP contribution in [0.3, 0.4) is 0 Å². The summed E-state index contributed by atoms with van der Waals surface area (Å²) in [5, 5.41) is 11.9. The molecule has 8 heteroatoms. The Morgan fingerprint density at radius 1 is 1.35 bits per heavy atom. The minimum Gasteiger partial charge on any atom is -0.346 e. The van der Waals surface area contributed by atoms with E-state index in [2.05, 4.69) is 20.8 Å². The van der Waals surface area contributed by atoms with E-state index in [1.807, 2.05) is 20.8 Å². The van der Waals surface area contributed by atoms with Crippen molar-refractivity contribution in [3.05, 3.63) is 11.4 Å². The van der Waals surface area contributed by atoms with E-state index in [9.17, 15) is 9.59 Å². The molecule has 0 aromatic carbocycles. The van der Waals surface area contributed by atoms with Crippen LogP contribution in [0, 0.1) is 19.8 Å². The lowest BCUT2D eigenvalue weighted by atomic mass is 10.1. The molecule has 7 nitrogen and oxygen atoms in total. The summed E-state index contributed by atoms with van der Waals surface area (Å²) in [5.74, 6) is -0.607. The molecule has 20 heavy (non-hydrogen) atoms. The molecule has 1 rings (SSSR count). The number of carbonyl (C=O) groups excluding carboxylic acids is 2. The number of hydrogen-bond acceptors (Lipinski definition) is 4. The van der Waals surface area contributed by atoms with Crippen molar-refractivity contribution in [3.63, 3.8) is 0 Å². The topological polar surface area (TPSA) is 113 Å². The molecule has 0 fully saturated rings. The Kier molecular flexibility index (Phi) is 7.23. The molecule has 0 saturated heterocycles. The van der Waals surface area contributed by atoms with Gasteiger partial charge < -0.3 is 16.4 Å². The molecule has 1 aromatic rings. The molecular formula is C12H22ClN5O2. The molecule has 0 aliphatic heterocycles. The quantitative estimate of drug-likeness (QED) is 0.634. The number of rotatable bonds is 5. The van der Waals surface area contributed by atoms with Crippen molar-refractivity contribution in [2.75, 3.05) is 11.9 Å². The Hall–Kier alpha value is -1.60. The van der Waals surface area contributed by atoms with Gasteiger partial charge in [-0.15, -0.1) is 12.4 Å². The molecule has 0 aliphatic rings. The lowest BCUT2D eigenvalue weighted by Crippen LogP contribution is -2.46. The zero-order valence-electron chi connectivity index (χ0n) is 12.1. The molecule has 0 saturated carbocycles. The summed E-state index contributed by atoms with van der Waals surface area (Å²) >= 11 is 0. The van der Waals surface area contributed by atoms with Gasteiger partial charge in [-0.2, -0.15) is 5.10 Å². The van der Waals surface area contributed by atoms with Gasteiger partial charge in [0.05, 0.1) is 29.7 Å². The molecule has 1 atom stereocenters. The highest BCUT2D eigenvalue weighted by atomic mass is 35.5. The van der Waals surface area contributed by atoms with E-state index < -0.39 is 6.04 Å². The zero-order chi connectivity index (χ0) is 14.6. The number of H-pyrrole nitrogens is 1. The third kappa shape index (κ3) is 4.82. The summed E-state index contributed by atoms with van der Waals surface area (Å²) in [4.78, 5) is 23.3. The van der Waals surface area contributed by atoms with Crippen LogP contribution in [0.4, 0.5) is 5.69 Å². The number of nitrogens with two attached hydrogens (primary N) is 1. The monoisotopic (exact) mass is 303 g/mol. The first-order valence-electron chi connectivity index (χ1n) is 6.17. The van der Waals surface area contributed by atoms with Crippen LogP contribution >= 0.6 is 12.4 Å². The predicted octanol–water partition coefficient (Wildman–Crippen LogP) is 0.486. The van der Waals surface area contributed by atoms with E-state index in [-0.39, 0.29) is 36.7 Å². The third-order valence-electron chi connectivity index (χ3n) is 2.84. The number of aryl methyl sites for hydroxylation is 2. The maximum atomic E-state index is 11.7. The van der Waals surface area contributed by atoms with E-state index in [1.165, 1.54) is 0 Å². The Balaban J connectivity index is 0.00000361. The van der Waals surface area contributed by atoms with Gasteiger partial charge in [0, 0.05) is 0 Å². The average molecular weight is 304 g/mol. The molecule has 0 radical (unpaired) electrons. The van der Waals surface area contributed by atoms with Crippen LogP contribution in [0.2, 0.25) is 0 Å². The largest absolute Gasteiger partial charge is 0.346 e. The Labute approximate surface area is 124 Å². The first-order chi connectivity index (χ1) is 8.82. The van der Waals surface area contributed by atoms with Crippen molar-refractivity contribution in [1.82, 2.24) is 15.5 Å². The summed E-state index contributed by atoms with van der Waals surface area (Å²) in [6.45, 7) is 7.18. The Morgan fingerprint density at radius 2 is 1.95 bits per heavy atom. The fraction of sp³-hybridized carbons (Fsp3) is 0.583. The second-order valence-corrected chi connectivity index (χ2v) is 4.84. The molecule has 0 spiro atoms. The van der Waals surface area contributed by atoms with E-state index >= 15 is 0 Å². The van der Waals surface area contributed by atoms with Crippen molar-refractivity contribution < 1.29 is 9.59 Å². The average Bonchev–Trinajstić information content (AvgIpc) is 2.66. The van der Waals surface area contributed by atoms with Crippen LogP contribution in [-0.2, 0) is 9.59 Å². The van der Waals surface area contributed by atoms with Gasteiger partial charge in [0.15, 0.2) is 0 Å². The smallest absolute Gasteiger partial charge is 0.243 e. The van der Waals surface area contributed by atoms with Crippen LogP contribution in [0.5, 0.6) is 0 Å². The molecule has 0 unspecified atom stereocenters. The fourth-order valence-electron chi connectivity index (χ4n) is 1.51. The number of nitrogens with one attached hydrogen (secondary N) is 3. The number of aromatic amines is 1. The minimum absolute atomic E-state index is 0. The predicted molar refractivity (Wildman–Crippen MR) is 79.8 cm³/mol. The van der Waals surface area contributed by atoms with Crippen LogP contribution in [-0.4, -0.2) is 34.6 Å². The molecule has 5 N–H and O–H groups in total. The number of hydrogen-bond donors (Lipinski definition) is 4. The number of amides is 2. The fourth-order valence-corrected chi connectivity index (χ4v) is 1.51. The maximum Gasteiger partial charge on any atom is 0.243 e. The number of aromatic nitrogens is 2. The van der Waals surface area contributed by atoms with E-state index in [4.69, 9.17) is 5.73 Å². The number of anilines is 1. The third-order valence-corrected chi connectivity index (χ3v) is 2.84. The molecule has 0 aliphatic carbocycles. The summed E-state index contributed by atoms with van der Waals surface area (Å²) < 4.78 is 0. The van der Waals surface area contributed by atoms with Gasteiger partial charge in [0.1, 0.15) is 0 Å². The van der Waals surface area contributed by atoms with Crippen LogP contribution < -0.4 is 16.4 Å². The van der Waals surface area contributed by atoms with Crippen LogP contribution in [0.25, 0.3) is 0 Å². The lowest BCUT2D eigenvalue weighted by Gasteiger charge is -2.15. The van der Waals surface area contributed by atoms with E-state index in [0.717, 1.165) is 5.69 Å². The van der Waals surface area contributed by atoms with Gasteiger partial charge in [-0.05, 0) is 19.8 Å². The molecule has 1 heterocycles. The summed E-state index contributed by atoms with van der Waals surface area (Å²) in [6, 6.07) is -0.606. The minimum atomic E-state index is -0.606. The second kappa shape index (κ2) is 7.86. The normalized spacial score (nSPS) is 11.7. The van der Waals surface area contributed by atoms with Gasteiger partial charge in [-0.1, -0.05) is 13.8 Å². The molecule has 114 valence electrons. The van der Waals surface area contributed by atoms with E-state index in [1.54, 1.807) is 6.92 Å². The standard InChI is InChI=1S/C12H21N5O2.ClH/c1-6(2)10(13)12(19)14-5-9(18)15-11-7(3)16-17-8(11)4;/h6,10H,5,13H2,1-4H3,(H,14,19)(H,15,18)(H,16,17);1H/t10-;/m0./s1. The van der Waals surface area contributed by atoms with Crippen LogP contribution in [0.15, 0.2) is 0 Å². The van der Waals surface area contributed by atoms with Gasteiger partial charge in [0.25, 0.3) is 0 Å². The highest BCUT2D eigenvalue weighted by Gasteiger charge is 2.18. The van der Waals surface area contributed by atoms with Gasteiger partial charge in [-0.3, -0.25) is 14.7 Å². The van der Waals surface area contributed by atoms with Crippen molar-refractivity contribution in [3.8, 4) is 0 Å². The van der Waals surface area contributed by atoms with Crippen LogP contribution in [0.1, 0.15) is 25.2 Å². The lowest BCUT2D eigenvalue weighted by molar-refractivity contribution is -0.125. The summed E-state index contributed by atoms with van der Waals surface area (Å²) in [6.07, 6.45) is 0. The molecule has 2 amide bonds.